The van der Waals surface area contributed by atoms with Crippen LogP contribution >= 0.6 is 0 Å². The highest BCUT2D eigenvalue weighted by atomic mass is 16.5. The van der Waals surface area contributed by atoms with Gasteiger partial charge in [0.05, 0.1) is 31.2 Å². The van der Waals surface area contributed by atoms with Crippen molar-refractivity contribution >= 4 is 23.5 Å². The van der Waals surface area contributed by atoms with Gasteiger partial charge in [0, 0.05) is 7.05 Å². The highest BCUT2D eigenvalue weighted by Crippen LogP contribution is 2.16. The van der Waals surface area contributed by atoms with Gasteiger partial charge in [-0.25, -0.2) is 4.79 Å². The normalized spacial score (nSPS) is 10.0. The molecule has 2 rings (SSSR count). The summed E-state index contributed by atoms with van der Waals surface area (Å²) >= 11 is 0. The molecular weight excluding hydrogens is 300 g/mol. The van der Waals surface area contributed by atoms with E-state index in [2.05, 4.69) is 10.1 Å². The second kappa shape index (κ2) is 7.26. The molecule has 7 heteroatoms. The Balaban J connectivity index is 2.03. The molecule has 0 radical (unpaired) electrons. The molecule has 2 aromatic rings. The minimum Gasteiger partial charge on any atom is -0.465 e. The van der Waals surface area contributed by atoms with Gasteiger partial charge in [-0.15, -0.1) is 0 Å². The lowest BCUT2D eigenvalue weighted by Crippen LogP contribution is -2.35. The first-order valence-corrected chi connectivity index (χ1v) is 6.79. The molecule has 0 fully saturated rings. The Kier molecular flexibility index (Phi) is 5.14. The van der Waals surface area contributed by atoms with Crippen LogP contribution in [0.15, 0.2) is 47.1 Å². The zero-order valence-corrected chi connectivity index (χ0v) is 12.7. The van der Waals surface area contributed by atoms with Crippen LogP contribution in [0, 0.1) is 0 Å². The van der Waals surface area contributed by atoms with Crippen molar-refractivity contribution < 1.29 is 23.5 Å². The molecule has 7 nitrogen and oxygen atoms in total. The lowest BCUT2D eigenvalue weighted by Gasteiger charge is -2.16. The summed E-state index contributed by atoms with van der Waals surface area (Å²) in [5, 5.41) is 2.59. The standard InChI is InChI=1S/C16H16N2O5/c1-18(15(20)13-8-5-9-23-13)10-14(19)17-12-7-4-3-6-11(12)16(21)22-2/h3-9H,10H2,1-2H3,(H,17,19). The topological polar surface area (TPSA) is 88.9 Å². The van der Waals surface area contributed by atoms with Crippen LogP contribution in [0.3, 0.4) is 0 Å². The number of hydrogen-bond acceptors (Lipinski definition) is 5. The van der Waals surface area contributed by atoms with Crippen molar-refractivity contribution in [3.63, 3.8) is 0 Å². The molecule has 0 aliphatic carbocycles. The summed E-state index contributed by atoms with van der Waals surface area (Å²) in [6.07, 6.45) is 1.38. The number of nitrogens with zero attached hydrogens (tertiary/aromatic N) is 1. The van der Waals surface area contributed by atoms with E-state index >= 15 is 0 Å². The van der Waals surface area contributed by atoms with Crippen LogP contribution < -0.4 is 5.32 Å². The van der Waals surface area contributed by atoms with Crippen LogP contribution in [-0.4, -0.2) is 43.4 Å². The van der Waals surface area contributed by atoms with E-state index in [1.165, 1.54) is 31.4 Å². The Morgan fingerprint density at radius 2 is 1.91 bits per heavy atom. The predicted octanol–water partition coefficient (Wildman–Crippen LogP) is 1.78. The van der Waals surface area contributed by atoms with Crippen molar-refractivity contribution in [2.24, 2.45) is 0 Å². The number of rotatable bonds is 5. The summed E-state index contributed by atoms with van der Waals surface area (Å²) in [5.41, 5.74) is 0.562. The summed E-state index contributed by atoms with van der Waals surface area (Å²) < 4.78 is 9.66. The van der Waals surface area contributed by atoms with Gasteiger partial charge >= 0.3 is 5.97 Å². The quantitative estimate of drug-likeness (QED) is 0.849. The number of likely N-dealkylation sites (N-methyl/N-ethyl adjacent to an activating group) is 1. The summed E-state index contributed by atoms with van der Waals surface area (Å²) in [5.74, 6) is -1.26. The first kappa shape index (κ1) is 16.3. The Morgan fingerprint density at radius 3 is 2.57 bits per heavy atom. The van der Waals surface area contributed by atoms with Crippen molar-refractivity contribution in [3.8, 4) is 0 Å². The van der Waals surface area contributed by atoms with Gasteiger partial charge < -0.3 is 19.4 Å². The molecule has 0 aliphatic heterocycles. The molecule has 1 aromatic carbocycles. The Morgan fingerprint density at radius 1 is 1.17 bits per heavy atom. The second-order valence-electron chi connectivity index (χ2n) is 4.72. The van der Waals surface area contributed by atoms with Crippen molar-refractivity contribution in [2.45, 2.75) is 0 Å². The number of ether oxygens (including phenoxy) is 1. The van der Waals surface area contributed by atoms with Gasteiger partial charge in [0.15, 0.2) is 5.76 Å². The molecule has 1 heterocycles. The minimum absolute atomic E-state index is 0.148. The monoisotopic (exact) mass is 316 g/mol. The fourth-order valence-corrected chi connectivity index (χ4v) is 1.95. The number of amides is 2. The number of carbonyl (C=O) groups is 3. The lowest BCUT2D eigenvalue weighted by molar-refractivity contribution is -0.116. The second-order valence-corrected chi connectivity index (χ2v) is 4.72. The van der Waals surface area contributed by atoms with Crippen molar-refractivity contribution in [1.29, 1.82) is 0 Å². The van der Waals surface area contributed by atoms with E-state index in [4.69, 9.17) is 4.42 Å². The van der Waals surface area contributed by atoms with Crippen LogP contribution in [0.25, 0.3) is 0 Å². The Hall–Kier alpha value is -3.09. The van der Waals surface area contributed by atoms with Crippen molar-refractivity contribution in [3.05, 3.63) is 54.0 Å². The molecule has 1 aromatic heterocycles. The third-order valence-corrected chi connectivity index (χ3v) is 3.07. The molecule has 2 amide bonds. The van der Waals surface area contributed by atoms with Crippen LogP contribution in [0.5, 0.6) is 0 Å². The van der Waals surface area contributed by atoms with E-state index in [1.807, 2.05) is 0 Å². The third kappa shape index (κ3) is 3.97. The van der Waals surface area contributed by atoms with Crippen LogP contribution in [-0.2, 0) is 9.53 Å². The SMILES string of the molecule is COC(=O)c1ccccc1NC(=O)CN(C)C(=O)c1ccco1. The van der Waals surface area contributed by atoms with Gasteiger partial charge in [-0.3, -0.25) is 9.59 Å². The smallest absolute Gasteiger partial charge is 0.339 e. The van der Waals surface area contributed by atoms with E-state index in [9.17, 15) is 14.4 Å². The molecule has 1 N–H and O–H groups in total. The van der Waals surface area contributed by atoms with Gasteiger partial charge in [0.1, 0.15) is 0 Å². The minimum atomic E-state index is -0.555. The zero-order valence-electron chi connectivity index (χ0n) is 12.7. The Bertz CT molecular complexity index is 709. The van der Waals surface area contributed by atoms with Crippen molar-refractivity contribution in [1.82, 2.24) is 4.90 Å². The fraction of sp³-hybridized carbons (Fsp3) is 0.188. The number of carbonyl (C=O) groups excluding carboxylic acids is 3. The molecule has 0 saturated heterocycles. The average molecular weight is 316 g/mol. The number of hydrogen-bond donors (Lipinski definition) is 1. The Labute approximate surface area is 132 Å². The van der Waals surface area contributed by atoms with Gasteiger partial charge in [-0.2, -0.15) is 0 Å². The number of nitrogens with one attached hydrogen (secondary N) is 1. The van der Waals surface area contributed by atoms with Crippen LogP contribution in [0.2, 0.25) is 0 Å². The molecule has 0 spiro atoms. The number of benzene rings is 1. The van der Waals surface area contributed by atoms with Gasteiger partial charge in [0.25, 0.3) is 5.91 Å². The largest absolute Gasteiger partial charge is 0.465 e. The highest BCUT2D eigenvalue weighted by molar-refractivity contribution is 6.03. The number of esters is 1. The van der Waals surface area contributed by atoms with E-state index in [1.54, 1.807) is 30.3 Å². The van der Waals surface area contributed by atoms with E-state index < -0.39 is 17.8 Å². The highest BCUT2D eigenvalue weighted by Gasteiger charge is 2.18. The number of anilines is 1. The molecule has 23 heavy (non-hydrogen) atoms. The van der Waals surface area contributed by atoms with Gasteiger partial charge in [-0.05, 0) is 24.3 Å². The molecule has 0 saturated carbocycles. The number of para-hydroxylation sites is 1. The van der Waals surface area contributed by atoms with Crippen molar-refractivity contribution in [2.75, 3.05) is 26.0 Å². The maximum absolute atomic E-state index is 12.1. The maximum Gasteiger partial charge on any atom is 0.339 e. The van der Waals surface area contributed by atoms with Crippen LogP contribution in [0.1, 0.15) is 20.9 Å². The van der Waals surface area contributed by atoms with E-state index in [0.29, 0.717) is 5.69 Å². The molecule has 0 unspecified atom stereocenters. The van der Waals surface area contributed by atoms with Crippen LogP contribution in [0.4, 0.5) is 5.69 Å². The summed E-state index contributed by atoms with van der Waals surface area (Å²) in [6, 6.07) is 9.57. The molecule has 0 atom stereocenters. The summed E-state index contributed by atoms with van der Waals surface area (Å²) in [7, 11) is 2.74. The first-order chi connectivity index (χ1) is 11.0. The van der Waals surface area contributed by atoms with E-state index in [-0.39, 0.29) is 17.9 Å². The zero-order chi connectivity index (χ0) is 16.8. The molecule has 0 aliphatic rings. The van der Waals surface area contributed by atoms with Gasteiger partial charge in [0.2, 0.25) is 5.91 Å². The lowest BCUT2D eigenvalue weighted by atomic mass is 10.2. The summed E-state index contributed by atoms with van der Waals surface area (Å²) in [6.45, 7) is -0.185. The molecular formula is C16H16N2O5. The average Bonchev–Trinajstić information content (AvgIpc) is 3.08. The van der Waals surface area contributed by atoms with Gasteiger partial charge in [-0.1, -0.05) is 12.1 Å². The number of furan rings is 1. The third-order valence-electron chi connectivity index (χ3n) is 3.07. The first-order valence-electron chi connectivity index (χ1n) is 6.79. The molecule has 120 valence electrons. The molecule has 0 bridgehead atoms. The van der Waals surface area contributed by atoms with E-state index in [0.717, 1.165) is 0 Å². The predicted molar refractivity (Wildman–Crippen MR) is 82.1 cm³/mol. The summed E-state index contributed by atoms with van der Waals surface area (Å²) in [4.78, 5) is 36.9. The maximum atomic E-state index is 12.1. The fourth-order valence-electron chi connectivity index (χ4n) is 1.95. The number of methoxy groups -OCH3 is 1.